The molecule has 7 nitrogen and oxygen atoms in total. The molecule has 38 heavy (non-hydrogen) atoms. The van der Waals surface area contributed by atoms with Gasteiger partial charge in [0.25, 0.3) is 0 Å². The molecule has 0 unspecified atom stereocenters. The number of carbonyl (C=O) groups excluding carboxylic acids is 4. The quantitative estimate of drug-likeness (QED) is 0.261. The van der Waals surface area contributed by atoms with Crippen LogP contribution in [0.3, 0.4) is 0 Å². The van der Waals surface area contributed by atoms with Crippen molar-refractivity contribution in [1.82, 2.24) is 0 Å². The molecular weight excluding hydrogens is 482 g/mol. The number of carbonyl (C=O) groups is 4. The van der Waals surface area contributed by atoms with Gasteiger partial charge in [0.05, 0.1) is 30.2 Å². The maximum absolute atomic E-state index is 13.5. The van der Waals surface area contributed by atoms with Gasteiger partial charge in [0.15, 0.2) is 12.4 Å². The van der Waals surface area contributed by atoms with Crippen LogP contribution < -0.4 is 9.64 Å². The van der Waals surface area contributed by atoms with Crippen LogP contribution in [0.15, 0.2) is 78.9 Å². The predicted octanol–water partition coefficient (Wildman–Crippen LogP) is 4.66. The van der Waals surface area contributed by atoms with Crippen molar-refractivity contribution in [1.29, 1.82) is 0 Å². The van der Waals surface area contributed by atoms with Crippen molar-refractivity contribution in [3.63, 3.8) is 0 Å². The predicted molar refractivity (Wildman–Crippen MR) is 139 cm³/mol. The molecule has 5 atom stereocenters. The first-order valence-corrected chi connectivity index (χ1v) is 12.8. The molecule has 0 radical (unpaired) electrons. The maximum Gasteiger partial charge on any atom is 0.338 e. The number of Topliss-reactive ketones (excluding diaryl/α,β-unsaturated/α-hetero) is 1. The van der Waals surface area contributed by atoms with E-state index >= 15 is 0 Å². The van der Waals surface area contributed by atoms with Gasteiger partial charge in [-0.05, 0) is 72.6 Å². The van der Waals surface area contributed by atoms with Crippen molar-refractivity contribution in [2.75, 3.05) is 18.6 Å². The lowest BCUT2D eigenvalue weighted by Gasteiger charge is -2.28. The second kappa shape index (κ2) is 9.56. The number of esters is 1. The Hall–Kier alpha value is -4.26. The highest BCUT2D eigenvalue weighted by atomic mass is 16.5. The van der Waals surface area contributed by atoms with E-state index in [1.54, 1.807) is 36.4 Å². The number of ketones is 1. The van der Waals surface area contributed by atoms with Crippen LogP contribution in [-0.2, 0) is 14.3 Å². The molecule has 2 bridgehead atoms. The third-order valence-corrected chi connectivity index (χ3v) is 8.33. The Balaban J connectivity index is 1.13. The van der Waals surface area contributed by atoms with E-state index < -0.39 is 12.6 Å². The Labute approximate surface area is 220 Å². The first-order valence-electron chi connectivity index (χ1n) is 12.8. The Morgan fingerprint density at radius 1 is 0.842 bits per heavy atom. The molecule has 0 spiro atoms. The Morgan fingerprint density at radius 3 is 2.32 bits per heavy atom. The Bertz CT molecular complexity index is 1420. The summed E-state index contributed by atoms with van der Waals surface area (Å²) in [5.41, 5.74) is 2.31. The summed E-state index contributed by atoms with van der Waals surface area (Å²) in [5.74, 6) is -0.626. The molecule has 3 aliphatic rings. The van der Waals surface area contributed by atoms with E-state index in [1.165, 1.54) is 29.7 Å². The van der Waals surface area contributed by atoms with Crippen LogP contribution >= 0.6 is 0 Å². The number of nitrogens with zero attached hydrogens (tertiary/aromatic N) is 1. The fraction of sp³-hybridized carbons (Fsp3) is 0.290. The second-order valence-corrected chi connectivity index (χ2v) is 10.3. The maximum atomic E-state index is 13.5. The highest BCUT2D eigenvalue weighted by Gasteiger charge is 2.64. The average Bonchev–Trinajstić information content (AvgIpc) is 3.63. The molecule has 2 saturated carbocycles. The third-order valence-electron chi connectivity index (χ3n) is 8.33. The topological polar surface area (TPSA) is 90.0 Å². The molecule has 192 valence electrons. The molecule has 2 aliphatic carbocycles. The summed E-state index contributed by atoms with van der Waals surface area (Å²) in [6.07, 6.45) is 1.85. The number of ether oxygens (including phenoxy) is 2. The summed E-state index contributed by atoms with van der Waals surface area (Å²) < 4.78 is 10.3. The Kier molecular flexibility index (Phi) is 6.06. The van der Waals surface area contributed by atoms with Crippen molar-refractivity contribution in [3.05, 3.63) is 95.6 Å². The minimum Gasteiger partial charge on any atom is -0.497 e. The summed E-state index contributed by atoms with van der Waals surface area (Å²) in [6, 6.07) is 23.1. The zero-order valence-electron chi connectivity index (χ0n) is 20.9. The largest absolute Gasteiger partial charge is 0.497 e. The van der Waals surface area contributed by atoms with E-state index in [1.807, 2.05) is 18.2 Å². The normalized spacial score (nSPS) is 25.4. The summed E-state index contributed by atoms with van der Waals surface area (Å²) in [7, 11) is 1.51. The van der Waals surface area contributed by atoms with E-state index in [4.69, 9.17) is 9.47 Å². The number of anilines is 1. The first kappa shape index (κ1) is 24.1. The number of rotatable bonds is 7. The summed E-state index contributed by atoms with van der Waals surface area (Å²) in [4.78, 5) is 53.1. The number of imide groups is 1. The smallest absolute Gasteiger partial charge is 0.338 e. The average molecular weight is 510 g/mol. The van der Waals surface area contributed by atoms with Gasteiger partial charge in [-0.1, -0.05) is 42.5 Å². The van der Waals surface area contributed by atoms with E-state index in [-0.39, 0.29) is 46.8 Å². The molecule has 3 aromatic rings. The van der Waals surface area contributed by atoms with Crippen LogP contribution in [0.4, 0.5) is 5.69 Å². The SMILES string of the molecule is COc1cccc(C(=O)COC(=O)c2ccc(N3C(=O)[C@@H]4[C@@H]5C[C@@H]([C@H]4C3=O)[C@@H](c3ccccc3)C5)cc2)c1. The highest BCUT2D eigenvalue weighted by Crippen LogP contribution is 2.61. The van der Waals surface area contributed by atoms with Gasteiger partial charge in [-0.25, -0.2) is 4.79 Å². The van der Waals surface area contributed by atoms with Crippen molar-refractivity contribution < 1.29 is 28.7 Å². The van der Waals surface area contributed by atoms with Crippen molar-refractivity contribution in [2.45, 2.75) is 18.8 Å². The van der Waals surface area contributed by atoms with Crippen molar-refractivity contribution in [2.24, 2.45) is 23.7 Å². The lowest BCUT2D eigenvalue weighted by Crippen LogP contribution is -2.33. The van der Waals surface area contributed by atoms with Crippen LogP contribution in [0.5, 0.6) is 5.75 Å². The van der Waals surface area contributed by atoms with Crippen LogP contribution in [-0.4, -0.2) is 37.3 Å². The zero-order chi connectivity index (χ0) is 26.4. The van der Waals surface area contributed by atoms with Gasteiger partial charge in [-0.15, -0.1) is 0 Å². The zero-order valence-corrected chi connectivity index (χ0v) is 20.9. The lowest BCUT2D eigenvalue weighted by molar-refractivity contribution is -0.123. The van der Waals surface area contributed by atoms with E-state index in [9.17, 15) is 19.2 Å². The van der Waals surface area contributed by atoms with Crippen molar-refractivity contribution in [3.8, 4) is 5.75 Å². The molecule has 1 saturated heterocycles. The van der Waals surface area contributed by atoms with Gasteiger partial charge in [-0.2, -0.15) is 0 Å². The number of fused-ring (bicyclic) bond motifs is 5. The standard InChI is InChI=1S/C31H27NO6/c1-37-23-9-5-8-20(14-23)26(33)17-38-31(36)19-10-12-22(13-11-19)32-29(34)27-21-15-24(18-6-3-2-4-7-18)25(16-21)28(27)30(32)35/h2-14,21,24-25,27-28H,15-17H2,1H3/t21-,24+,25+,27+,28+/m0/s1. The fourth-order valence-corrected chi connectivity index (χ4v) is 6.64. The highest BCUT2D eigenvalue weighted by molar-refractivity contribution is 6.22. The monoisotopic (exact) mass is 509 g/mol. The van der Waals surface area contributed by atoms with Crippen LogP contribution in [0.1, 0.15) is 45.0 Å². The molecule has 6 rings (SSSR count). The summed E-state index contributed by atoms with van der Waals surface area (Å²) in [6.45, 7) is -0.411. The molecule has 1 heterocycles. The van der Waals surface area contributed by atoms with Gasteiger partial charge in [0, 0.05) is 5.56 Å². The van der Waals surface area contributed by atoms with Gasteiger partial charge in [0.1, 0.15) is 5.75 Å². The number of hydrogen-bond donors (Lipinski definition) is 0. The van der Waals surface area contributed by atoms with E-state index in [0.717, 1.165) is 12.8 Å². The van der Waals surface area contributed by atoms with Crippen molar-refractivity contribution >= 4 is 29.3 Å². The van der Waals surface area contributed by atoms with Gasteiger partial charge < -0.3 is 9.47 Å². The molecule has 7 heteroatoms. The first-order chi connectivity index (χ1) is 18.5. The number of benzene rings is 3. The van der Waals surface area contributed by atoms with E-state index in [2.05, 4.69) is 12.1 Å². The summed E-state index contributed by atoms with van der Waals surface area (Å²) in [5, 5.41) is 0. The minimum absolute atomic E-state index is 0.141. The molecule has 1 aliphatic heterocycles. The third kappa shape index (κ3) is 3.99. The molecule has 3 fully saturated rings. The molecule has 3 aromatic carbocycles. The molecule has 0 N–H and O–H groups in total. The van der Waals surface area contributed by atoms with Crippen LogP contribution in [0.25, 0.3) is 0 Å². The lowest BCUT2D eigenvalue weighted by atomic mass is 9.73. The molecule has 0 aromatic heterocycles. The van der Waals surface area contributed by atoms with Gasteiger partial charge >= 0.3 is 5.97 Å². The number of methoxy groups -OCH3 is 1. The van der Waals surface area contributed by atoms with Crippen LogP contribution in [0.2, 0.25) is 0 Å². The van der Waals surface area contributed by atoms with Crippen LogP contribution in [0, 0.1) is 23.7 Å². The van der Waals surface area contributed by atoms with E-state index in [0.29, 0.717) is 22.9 Å². The molecular formula is C31H27NO6. The van der Waals surface area contributed by atoms with Gasteiger partial charge in [0.2, 0.25) is 11.8 Å². The fourth-order valence-electron chi connectivity index (χ4n) is 6.64. The number of hydrogen-bond acceptors (Lipinski definition) is 6. The van der Waals surface area contributed by atoms with Gasteiger partial charge in [-0.3, -0.25) is 19.3 Å². The number of amides is 2. The Morgan fingerprint density at radius 2 is 1.58 bits per heavy atom. The second-order valence-electron chi connectivity index (χ2n) is 10.3. The minimum atomic E-state index is -0.660. The summed E-state index contributed by atoms with van der Waals surface area (Å²) >= 11 is 0. The molecule has 2 amide bonds.